The Labute approximate surface area is 103 Å². The van der Waals surface area contributed by atoms with E-state index in [1.807, 2.05) is 0 Å². The van der Waals surface area contributed by atoms with Crippen molar-refractivity contribution in [3.63, 3.8) is 0 Å². The summed E-state index contributed by atoms with van der Waals surface area (Å²) in [6, 6.07) is 0.368. The van der Waals surface area contributed by atoms with Gasteiger partial charge in [-0.15, -0.1) is 0 Å². The van der Waals surface area contributed by atoms with Gasteiger partial charge in [-0.25, -0.2) is 0 Å². The molecule has 2 aliphatic rings. The molecule has 2 rings (SSSR count). The molecule has 2 saturated heterocycles. The number of hydrogen-bond donors (Lipinski definition) is 2. The van der Waals surface area contributed by atoms with Crippen molar-refractivity contribution in [2.24, 2.45) is 5.41 Å². The van der Waals surface area contributed by atoms with Crippen LogP contribution < -0.4 is 5.32 Å². The van der Waals surface area contributed by atoms with Crippen molar-refractivity contribution >= 4 is 5.91 Å². The van der Waals surface area contributed by atoms with Crippen LogP contribution in [0.2, 0.25) is 0 Å². The molecule has 0 saturated carbocycles. The van der Waals surface area contributed by atoms with Crippen molar-refractivity contribution in [2.75, 3.05) is 26.2 Å². The zero-order chi connectivity index (χ0) is 12.3. The lowest BCUT2D eigenvalue weighted by Crippen LogP contribution is -2.45. The number of carbonyl (C=O) groups is 1. The predicted octanol–water partition coefficient (Wildman–Crippen LogP) is 0.749. The molecule has 2 unspecified atom stereocenters. The number of nitrogens with zero attached hydrogens (tertiary/aromatic N) is 1. The van der Waals surface area contributed by atoms with E-state index in [2.05, 4.69) is 17.1 Å². The van der Waals surface area contributed by atoms with Crippen LogP contribution in [-0.4, -0.2) is 48.2 Å². The fraction of sp³-hybridized carbons (Fsp3) is 0.923. The smallest absolute Gasteiger partial charge is 0.230 e. The van der Waals surface area contributed by atoms with E-state index < -0.39 is 0 Å². The van der Waals surface area contributed by atoms with E-state index in [4.69, 9.17) is 5.11 Å². The lowest BCUT2D eigenvalue weighted by Gasteiger charge is -2.32. The van der Waals surface area contributed by atoms with Gasteiger partial charge < -0.3 is 15.3 Å². The number of nitrogens with one attached hydrogen (secondary N) is 1. The Morgan fingerprint density at radius 2 is 2.41 bits per heavy atom. The van der Waals surface area contributed by atoms with Crippen LogP contribution in [0.5, 0.6) is 0 Å². The largest absolute Gasteiger partial charge is 0.396 e. The fourth-order valence-corrected chi connectivity index (χ4v) is 3.08. The third-order valence-corrected chi connectivity index (χ3v) is 4.22. The summed E-state index contributed by atoms with van der Waals surface area (Å²) in [5.41, 5.74) is -0.193. The lowest BCUT2D eigenvalue weighted by atomic mass is 9.87. The first-order valence-electron chi connectivity index (χ1n) is 6.80. The van der Waals surface area contributed by atoms with Crippen LogP contribution >= 0.6 is 0 Å². The third-order valence-electron chi connectivity index (χ3n) is 4.22. The molecule has 2 fully saturated rings. The Bertz CT molecular complexity index is 275. The predicted molar refractivity (Wildman–Crippen MR) is 66.6 cm³/mol. The van der Waals surface area contributed by atoms with Crippen LogP contribution in [0.4, 0.5) is 0 Å². The van der Waals surface area contributed by atoms with Crippen LogP contribution in [-0.2, 0) is 4.79 Å². The van der Waals surface area contributed by atoms with E-state index in [0.29, 0.717) is 11.9 Å². The number of rotatable bonds is 4. The Kier molecular flexibility index (Phi) is 4.05. The average Bonchev–Trinajstić information content (AvgIpc) is 2.95. The van der Waals surface area contributed by atoms with Gasteiger partial charge in [0.2, 0.25) is 5.91 Å². The second kappa shape index (κ2) is 5.36. The van der Waals surface area contributed by atoms with Gasteiger partial charge in [0.15, 0.2) is 0 Å². The Hall–Kier alpha value is -0.610. The van der Waals surface area contributed by atoms with E-state index in [1.165, 1.54) is 0 Å². The van der Waals surface area contributed by atoms with Gasteiger partial charge in [-0.2, -0.15) is 0 Å². The van der Waals surface area contributed by atoms with Gasteiger partial charge in [0.05, 0.1) is 5.41 Å². The SMILES string of the molecule is CC1(C(=O)N2CCCC2CCCO)CCNC1. The van der Waals surface area contributed by atoms with Crippen molar-refractivity contribution in [2.45, 2.75) is 45.1 Å². The molecule has 2 atom stereocenters. The summed E-state index contributed by atoms with van der Waals surface area (Å²) in [6.45, 7) is 4.99. The standard InChI is InChI=1S/C13H24N2O2/c1-13(6-7-14-10-13)12(17)15-8-2-4-11(15)5-3-9-16/h11,14,16H,2-10H2,1H3. The van der Waals surface area contributed by atoms with Crippen LogP contribution in [0.15, 0.2) is 0 Å². The molecule has 4 nitrogen and oxygen atoms in total. The molecule has 0 spiro atoms. The molecule has 0 radical (unpaired) electrons. The molecule has 2 aliphatic heterocycles. The maximum atomic E-state index is 12.6. The highest BCUT2D eigenvalue weighted by atomic mass is 16.3. The summed E-state index contributed by atoms with van der Waals surface area (Å²) in [6.07, 6.45) is 4.94. The number of aliphatic hydroxyl groups is 1. The third kappa shape index (κ3) is 2.63. The van der Waals surface area contributed by atoms with Crippen LogP contribution in [0.25, 0.3) is 0 Å². The number of carbonyl (C=O) groups excluding carboxylic acids is 1. The van der Waals surface area contributed by atoms with Gasteiger partial charge in [0, 0.05) is 25.7 Å². The van der Waals surface area contributed by atoms with E-state index >= 15 is 0 Å². The van der Waals surface area contributed by atoms with Gasteiger partial charge in [0.25, 0.3) is 0 Å². The van der Waals surface area contributed by atoms with Gasteiger partial charge in [-0.3, -0.25) is 4.79 Å². The molecule has 2 N–H and O–H groups in total. The molecule has 0 aromatic rings. The quantitative estimate of drug-likeness (QED) is 0.762. The average molecular weight is 240 g/mol. The molecule has 0 aromatic heterocycles. The lowest BCUT2D eigenvalue weighted by molar-refractivity contribution is -0.141. The Morgan fingerprint density at radius 3 is 3.06 bits per heavy atom. The van der Waals surface area contributed by atoms with Crippen molar-refractivity contribution in [3.05, 3.63) is 0 Å². The fourth-order valence-electron chi connectivity index (χ4n) is 3.08. The second-order valence-electron chi connectivity index (χ2n) is 5.65. The van der Waals surface area contributed by atoms with Crippen molar-refractivity contribution in [1.82, 2.24) is 10.2 Å². The first-order chi connectivity index (χ1) is 8.17. The summed E-state index contributed by atoms with van der Waals surface area (Å²) in [4.78, 5) is 14.6. The Balaban J connectivity index is 1.97. The first-order valence-corrected chi connectivity index (χ1v) is 6.80. The normalized spacial score (nSPS) is 33.3. The van der Waals surface area contributed by atoms with Crippen LogP contribution in [0.1, 0.15) is 39.0 Å². The van der Waals surface area contributed by atoms with Crippen LogP contribution in [0.3, 0.4) is 0 Å². The maximum Gasteiger partial charge on any atom is 0.230 e. The molecule has 4 heteroatoms. The highest BCUT2D eigenvalue weighted by Crippen LogP contribution is 2.32. The molecule has 0 aromatic carbocycles. The minimum atomic E-state index is -0.193. The molecular formula is C13H24N2O2. The number of hydrogen-bond acceptors (Lipinski definition) is 3. The molecule has 0 aliphatic carbocycles. The van der Waals surface area contributed by atoms with Crippen molar-refractivity contribution in [3.8, 4) is 0 Å². The van der Waals surface area contributed by atoms with E-state index in [9.17, 15) is 4.79 Å². The monoisotopic (exact) mass is 240 g/mol. The minimum Gasteiger partial charge on any atom is -0.396 e. The van der Waals surface area contributed by atoms with Crippen molar-refractivity contribution < 1.29 is 9.90 Å². The van der Waals surface area contributed by atoms with Gasteiger partial charge in [-0.1, -0.05) is 0 Å². The molecule has 1 amide bonds. The second-order valence-corrected chi connectivity index (χ2v) is 5.65. The summed E-state index contributed by atoms with van der Waals surface area (Å²) in [5, 5.41) is 12.2. The highest BCUT2D eigenvalue weighted by molar-refractivity contribution is 5.83. The zero-order valence-electron chi connectivity index (χ0n) is 10.7. The number of amides is 1. The minimum absolute atomic E-state index is 0.193. The summed E-state index contributed by atoms with van der Waals surface area (Å²) in [5.74, 6) is 0.322. The van der Waals surface area contributed by atoms with Gasteiger partial charge in [0.1, 0.15) is 0 Å². The zero-order valence-corrected chi connectivity index (χ0v) is 10.7. The number of aliphatic hydroxyl groups excluding tert-OH is 1. The Morgan fingerprint density at radius 1 is 1.59 bits per heavy atom. The molecule has 0 bridgehead atoms. The molecule has 17 heavy (non-hydrogen) atoms. The van der Waals surface area contributed by atoms with Crippen LogP contribution in [0, 0.1) is 5.41 Å². The molecule has 2 heterocycles. The molecule has 98 valence electrons. The number of likely N-dealkylation sites (tertiary alicyclic amines) is 1. The first kappa shape index (κ1) is 12.8. The van der Waals surface area contributed by atoms with Gasteiger partial charge in [-0.05, 0) is 45.6 Å². The summed E-state index contributed by atoms with van der Waals surface area (Å²) in [7, 11) is 0. The topological polar surface area (TPSA) is 52.6 Å². The van der Waals surface area contributed by atoms with E-state index in [0.717, 1.165) is 51.7 Å². The summed E-state index contributed by atoms with van der Waals surface area (Å²) < 4.78 is 0. The van der Waals surface area contributed by atoms with E-state index in [1.54, 1.807) is 0 Å². The summed E-state index contributed by atoms with van der Waals surface area (Å²) >= 11 is 0. The van der Waals surface area contributed by atoms with Crippen molar-refractivity contribution in [1.29, 1.82) is 0 Å². The van der Waals surface area contributed by atoms with Gasteiger partial charge >= 0.3 is 0 Å². The van der Waals surface area contributed by atoms with E-state index in [-0.39, 0.29) is 12.0 Å². The maximum absolute atomic E-state index is 12.6. The molecular weight excluding hydrogens is 216 g/mol. The highest BCUT2D eigenvalue weighted by Gasteiger charge is 2.42.